The van der Waals surface area contributed by atoms with Crippen molar-refractivity contribution in [3.05, 3.63) is 39.9 Å². The summed E-state index contributed by atoms with van der Waals surface area (Å²) in [4.78, 5) is 0. The third-order valence-electron chi connectivity index (χ3n) is 3.12. The van der Waals surface area contributed by atoms with Crippen LogP contribution in [0.5, 0.6) is 0 Å². The monoisotopic (exact) mass is 265 g/mol. The zero-order valence-electron chi connectivity index (χ0n) is 9.18. The van der Waals surface area contributed by atoms with Crippen molar-refractivity contribution >= 4 is 21.5 Å². The van der Waals surface area contributed by atoms with Crippen LogP contribution in [0.2, 0.25) is 0 Å². The fourth-order valence-corrected chi connectivity index (χ4v) is 2.48. The second-order valence-electron chi connectivity index (χ2n) is 4.71. The van der Waals surface area contributed by atoms with E-state index in [-0.39, 0.29) is 5.41 Å². The number of halogens is 1. The molecule has 0 amide bonds. The molecular formula is C13H16BrN. The normalized spacial score (nSPS) is 15.1. The molecule has 0 saturated heterocycles. The first-order chi connectivity index (χ1) is 7.04. The van der Waals surface area contributed by atoms with E-state index in [0.29, 0.717) is 6.54 Å². The summed E-state index contributed by atoms with van der Waals surface area (Å²) in [6.07, 6.45) is 3.34. The number of fused-ring (bicyclic) bond motifs is 1. The fourth-order valence-electron chi connectivity index (χ4n) is 2.07. The molecule has 1 nitrogen and oxygen atoms in total. The standard InChI is InChI=1S/C13H16BrN/c1-13(2,8-15)12-6-3-9-7-10(14)4-5-11(9)12/h4-7H,3,8,15H2,1-2H3. The Balaban J connectivity index is 2.43. The van der Waals surface area contributed by atoms with Crippen LogP contribution in [0.25, 0.3) is 5.57 Å². The van der Waals surface area contributed by atoms with E-state index in [2.05, 4.69) is 54.1 Å². The summed E-state index contributed by atoms with van der Waals surface area (Å²) in [6, 6.07) is 6.49. The van der Waals surface area contributed by atoms with Crippen LogP contribution in [-0.4, -0.2) is 6.54 Å². The van der Waals surface area contributed by atoms with Crippen molar-refractivity contribution in [2.24, 2.45) is 11.1 Å². The van der Waals surface area contributed by atoms with E-state index in [9.17, 15) is 0 Å². The molecule has 0 spiro atoms. The third kappa shape index (κ3) is 1.88. The Hall–Kier alpha value is -0.600. The second-order valence-corrected chi connectivity index (χ2v) is 5.63. The lowest BCUT2D eigenvalue weighted by atomic mass is 9.81. The van der Waals surface area contributed by atoms with E-state index in [1.807, 2.05) is 0 Å². The van der Waals surface area contributed by atoms with Crippen LogP contribution in [0.4, 0.5) is 0 Å². The number of allylic oxidation sites excluding steroid dienone is 1. The largest absolute Gasteiger partial charge is 0.330 e. The number of rotatable bonds is 2. The molecule has 2 heteroatoms. The van der Waals surface area contributed by atoms with Gasteiger partial charge < -0.3 is 5.73 Å². The summed E-state index contributed by atoms with van der Waals surface area (Å²) in [5.74, 6) is 0. The lowest BCUT2D eigenvalue weighted by Crippen LogP contribution is -2.24. The number of hydrogen-bond donors (Lipinski definition) is 1. The molecular weight excluding hydrogens is 250 g/mol. The van der Waals surface area contributed by atoms with E-state index in [0.717, 1.165) is 10.9 Å². The minimum absolute atomic E-state index is 0.0824. The first kappa shape index (κ1) is 10.9. The molecule has 1 aromatic carbocycles. The number of benzene rings is 1. The van der Waals surface area contributed by atoms with Crippen LogP contribution in [0.3, 0.4) is 0 Å². The maximum Gasteiger partial charge on any atom is 0.0178 e. The van der Waals surface area contributed by atoms with Gasteiger partial charge in [-0.2, -0.15) is 0 Å². The average molecular weight is 266 g/mol. The molecule has 1 aromatic rings. The highest BCUT2D eigenvalue weighted by Crippen LogP contribution is 2.40. The van der Waals surface area contributed by atoms with Gasteiger partial charge in [-0.25, -0.2) is 0 Å². The number of nitrogens with two attached hydrogens (primary N) is 1. The topological polar surface area (TPSA) is 26.0 Å². The van der Waals surface area contributed by atoms with Crippen molar-refractivity contribution in [3.8, 4) is 0 Å². The van der Waals surface area contributed by atoms with Gasteiger partial charge >= 0.3 is 0 Å². The van der Waals surface area contributed by atoms with Crippen molar-refractivity contribution < 1.29 is 0 Å². The second kappa shape index (κ2) is 3.76. The van der Waals surface area contributed by atoms with Crippen LogP contribution in [0.15, 0.2) is 28.7 Å². The highest BCUT2D eigenvalue weighted by molar-refractivity contribution is 9.10. The van der Waals surface area contributed by atoms with Crippen molar-refractivity contribution in [2.75, 3.05) is 6.54 Å². The van der Waals surface area contributed by atoms with Gasteiger partial charge in [0.05, 0.1) is 0 Å². The Bertz CT molecular complexity index is 419. The summed E-state index contributed by atoms with van der Waals surface area (Å²) in [5.41, 5.74) is 10.1. The van der Waals surface area contributed by atoms with Crippen molar-refractivity contribution in [1.29, 1.82) is 0 Å². The predicted molar refractivity (Wildman–Crippen MR) is 68.7 cm³/mol. The van der Waals surface area contributed by atoms with E-state index >= 15 is 0 Å². The van der Waals surface area contributed by atoms with E-state index in [1.165, 1.54) is 16.7 Å². The summed E-state index contributed by atoms with van der Waals surface area (Å²) >= 11 is 3.50. The Kier molecular flexibility index (Phi) is 2.73. The predicted octanol–water partition coefficient (Wildman–Crippen LogP) is 3.37. The molecule has 0 bridgehead atoms. The van der Waals surface area contributed by atoms with Crippen LogP contribution in [0, 0.1) is 5.41 Å². The fraction of sp³-hybridized carbons (Fsp3) is 0.385. The molecule has 0 aromatic heterocycles. The summed E-state index contributed by atoms with van der Waals surface area (Å²) in [7, 11) is 0. The van der Waals surface area contributed by atoms with Crippen LogP contribution in [0.1, 0.15) is 25.0 Å². The van der Waals surface area contributed by atoms with Crippen LogP contribution < -0.4 is 5.73 Å². The Labute approximate surface area is 99.5 Å². The molecule has 15 heavy (non-hydrogen) atoms. The average Bonchev–Trinajstić information content (AvgIpc) is 2.61. The lowest BCUT2D eigenvalue weighted by molar-refractivity contribution is 0.516. The molecule has 1 aliphatic rings. The minimum Gasteiger partial charge on any atom is -0.330 e. The molecule has 0 radical (unpaired) electrons. The van der Waals surface area contributed by atoms with Crippen molar-refractivity contribution in [3.63, 3.8) is 0 Å². The van der Waals surface area contributed by atoms with Gasteiger partial charge in [0.15, 0.2) is 0 Å². The molecule has 80 valence electrons. The highest BCUT2D eigenvalue weighted by atomic mass is 79.9. The van der Waals surface area contributed by atoms with Crippen LogP contribution in [-0.2, 0) is 6.42 Å². The van der Waals surface area contributed by atoms with Crippen LogP contribution >= 0.6 is 15.9 Å². The van der Waals surface area contributed by atoms with Gasteiger partial charge in [0, 0.05) is 16.4 Å². The zero-order valence-corrected chi connectivity index (χ0v) is 10.8. The molecule has 0 heterocycles. The smallest absolute Gasteiger partial charge is 0.0178 e. The number of hydrogen-bond acceptors (Lipinski definition) is 1. The third-order valence-corrected chi connectivity index (χ3v) is 3.62. The molecule has 0 unspecified atom stereocenters. The SMILES string of the molecule is CC(C)(CN)C1=CCc2cc(Br)ccc21. The Morgan fingerprint density at radius 2 is 2.13 bits per heavy atom. The van der Waals surface area contributed by atoms with E-state index in [4.69, 9.17) is 5.73 Å². The van der Waals surface area contributed by atoms with Gasteiger partial charge in [-0.1, -0.05) is 41.9 Å². The van der Waals surface area contributed by atoms with Gasteiger partial charge in [-0.05, 0) is 35.3 Å². The summed E-state index contributed by atoms with van der Waals surface area (Å²) in [5, 5.41) is 0. The van der Waals surface area contributed by atoms with Gasteiger partial charge in [0.25, 0.3) is 0 Å². The quantitative estimate of drug-likeness (QED) is 0.872. The van der Waals surface area contributed by atoms with Crippen molar-refractivity contribution in [2.45, 2.75) is 20.3 Å². The molecule has 0 fully saturated rings. The molecule has 1 aliphatic carbocycles. The highest BCUT2D eigenvalue weighted by Gasteiger charge is 2.27. The zero-order chi connectivity index (χ0) is 11.1. The lowest BCUT2D eigenvalue weighted by Gasteiger charge is -2.25. The van der Waals surface area contributed by atoms with Crippen molar-refractivity contribution in [1.82, 2.24) is 0 Å². The minimum atomic E-state index is 0.0824. The van der Waals surface area contributed by atoms with Gasteiger partial charge in [0.1, 0.15) is 0 Å². The molecule has 2 N–H and O–H groups in total. The van der Waals surface area contributed by atoms with Gasteiger partial charge in [-0.3, -0.25) is 0 Å². The van der Waals surface area contributed by atoms with E-state index < -0.39 is 0 Å². The molecule has 0 atom stereocenters. The first-order valence-corrected chi connectivity index (χ1v) is 6.03. The molecule has 0 aliphatic heterocycles. The maximum atomic E-state index is 5.82. The molecule has 0 saturated carbocycles. The first-order valence-electron chi connectivity index (χ1n) is 5.24. The summed E-state index contributed by atoms with van der Waals surface area (Å²) < 4.78 is 1.15. The van der Waals surface area contributed by atoms with E-state index in [1.54, 1.807) is 0 Å². The van der Waals surface area contributed by atoms with Gasteiger partial charge in [0.2, 0.25) is 0 Å². The maximum absolute atomic E-state index is 5.82. The summed E-state index contributed by atoms with van der Waals surface area (Å²) in [6.45, 7) is 5.10. The Morgan fingerprint density at radius 3 is 2.80 bits per heavy atom. The Morgan fingerprint density at radius 1 is 1.40 bits per heavy atom. The molecule has 2 rings (SSSR count). The van der Waals surface area contributed by atoms with Gasteiger partial charge in [-0.15, -0.1) is 0 Å².